The van der Waals surface area contributed by atoms with Gasteiger partial charge in [0.25, 0.3) is 0 Å². The van der Waals surface area contributed by atoms with E-state index in [0.29, 0.717) is 30.6 Å². The van der Waals surface area contributed by atoms with Crippen LogP contribution in [0.5, 0.6) is 11.5 Å². The lowest BCUT2D eigenvalue weighted by molar-refractivity contribution is 0.281. The van der Waals surface area contributed by atoms with E-state index in [-0.39, 0.29) is 0 Å². The van der Waals surface area contributed by atoms with Crippen LogP contribution in [-0.2, 0) is 19.7 Å². The molecule has 0 aliphatic carbocycles. The predicted octanol–water partition coefficient (Wildman–Crippen LogP) is 4.35. The molecule has 0 aliphatic heterocycles. The Morgan fingerprint density at radius 3 is 2.64 bits per heavy atom. The quantitative estimate of drug-likeness (QED) is 0.527. The highest BCUT2D eigenvalue weighted by Gasteiger charge is 2.16. The fraction of sp³-hybridized carbons (Fsp3) is 0.350. The molecule has 0 radical (unpaired) electrons. The number of nitrogens with zero attached hydrogens (tertiary/aromatic N) is 4. The summed E-state index contributed by atoms with van der Waals surface area (Å²) in [6, 6.07) is 12.1. The molecule has 0 atom stereocenters. The summed E-state index contributed by atoms with van der Waals surface area (Å²) in [5.41, 5.74) is 3.26. The number of tetrazole rings is 1. The summed E-state index contributed by atoms with van der Waals surface area (Å²) in [6.45, 7) is 5.85. The Kier molecular flexibility index (Phi) is 6.86. The first-order valence-electron chi connectivity index (χ1n) is 9.16. The van der Waals surface area contributed by atoms with Crippen LogP contribution >= 0.6 is 15.9 Å². The van der Waals surface area contributed by atoms with E-state index in [1.54, 1.807) is 11.8 Å². The predicted molar refractivity (Wildman–Crippen MR) is 112 cm³/mol. The van der Waals surface area contributed by atoms with Gasteiger partial charge in [-0.15, -0.1) is 0 Å². The van der Waals surface area contributed by atoms with E-state index in [1.165, 1.54) is 5.56 Å². The van der Waals surface area contributed by atoms with Gasteiger partial charge < -0.3 is 14.8 Å². The van der Waals surface area contributed by atoms with Crippen molar-refractivity contribution in [2.75, 3.05) is 12.4 Å². The molecule has 1 N–H and O–H groups in total. The molecule has 1 aromatic heterocycles. The van der Waals surface area contributed by atoms with Crippen molar-refractivity contribution >= 4 is 21.9 Å². The zero-order valence-electron chi connectivity index (χ0n) is 16.3. The molecule has 0 amide bonds. The SMILES string of the molecule is CCCn1nnnc1NCc1c(Br)ccc(OC)c1OCc1ccc(C)cc1. The first-order valence-corrected chi connectivity index (χ1v) is 9.95. The molecule has 2 aromatic carbocycles. The molecule has 0 unspecified atom stereocenters. The van der Waals surface area contributed by atoms with Crippen molar-refractivity contribution in [3.63, 3.8) is 0 Å². The van der Waals surface area contributed by atoms with Crippen LogP contribution < -0.4 is 14.8 Å². The van der Waals surface area contributed by atoms with Gasteiger partial charge in [0.1, 0.15) is 6.61 Å². The molecule has 0 fully saturated rings. The molecule has 3 rings (SSSR count). The lowest BCUT2D eigenvalue weighted by atomic mass is 10.1. The van der Waals surface area contributed by atoms with Crippen LogP contribution in [0.3, 0.4) is 0 Å². The third-order valence-electron chi connectivity index (χ3n) is 4.28. The molecule has 0 aliphatic rings. The molecule has 7 nitrogen and oxygen atoms in total. The number of aryl methyl sites for hydroxylation is 2. The Labute approximate surface area is 173 Å². The summed E-state index contributed by atoms with van der Waals surface area (Å²) in [5.74, 6) is 2.00. The number of aromatic nitrogens is 4. The fourth-order valence-corrected chi connectivity index (χ4v) is 3.22. The maximum absolute atomic E-state index is 6.16. The van der Waals surface area contributed by atoms with Gasteiger partial charge in [-0.1, -0.05) is 57.8 Å². The van der Waals surface area contributed by atoms with Crippen LogP contribution in [-0.4, -0.2) is 27.3 Å². The smallest absolute Gasteiger partial charge is 0.243 e. The number of hydrogen-bond acceptors (Lipinski definition) is 6. The van der Waals surface area contributed by atoms with Gasteiger partial charge in [-0.2, -0.15) is 0 Å². The zero-order valence-corrected chi connectivity index (χ0v) is 17.9. The minimum atomic E-state index is 0.452. The number of methoxy groups -OCH3 is 1. The molecular formula is C20H24BrN5O2. The van der Waals surface area contributed by atoms with Crippen LogP contribution in [0.25, 0.3) is 0 Å². The lowest BCUT2D eigenvalue weighted by Gasteiger charge is -2.17. The highest BCUT2D eigenvalue weighted by atomic mass is 79.9. The second kappa shape index (κ2) is 9.54. The molecule has 0 spiro atoms. The van der Waals surface area contributed by atoms with Crippen molar-refractivity contribution in [2.45, 2.75) is 40.0 Å². The summed E-state index contributed by atoms with van der Waals surface area (Å²) in [7, 11) is 1.64. The Hall–Kier alpha value is -2.61. The maximum atomic E-state index is 6.16. The molecule has 0 saturated carbocycles. The summed E-state index contributed by atoms with van der Waals surface area (Å²) in [4.78, 5) is 0. The van der Waals surface area contributed by atoms with E-state index in [4.69, 9.17) is 9.47 Å². The van der Waals surface area contributed by atoms with E-state index in [9.17, 15) is 0 Å². The Balaban J connectivity index is 1.81. The monoisotopic (exact) mass is 445 g/mol. The van der Waals surface area contributed by atoms with Crippen molar-refractivity contribution < 1.29 is 9.47 Å². The molecule has 8 heteroatoms. The third-order valence-corrected chi connectivity index (χ3v) is 5.02. The van der Waals surface area contributed by atoms with Crippen molar-refractivity contribution in [1.82, 2.24) is 20.2 Å². The molecule has 28 heavy (non-hydrogen) atoms. The number of rotatable bonds is 9. The van der Waals surface area contributed by atoms with Crippen molar-refractivity contribution in [3.05, 3.63) is 57.6 Å². The molecule has 148 valence electrons. The minimum Gasteiger partial charge on any atom is -0.493 e. The average molecular weight is 446 g/mol. The van der Waals surface area contributed by atoms with Gasteiger partial charge in [0.15, 0.2) is 11.5 Å². The molecule has 0 bridgehead atoms. The molecule has 1 heterocycles. The Morgan fingerprint density at radius 1 is 1.14 bits per heavy atom. The van der Waals surface area contributed by atoms with E-state index in [1.807, 2.05) is 12.1 Å². The van der Waals surface area contributed by atoms with Gasteiger partial charge in [-0.3, -0.25) is 0 Å². The number of nitrogens with one attached hydrogen (secondary N) is 1. The Morgan fingerprint density at radius 2 is 1.93 bits per heavy atom. The van der Waals surface area contributed by atoms with Crippen LogP contribution in [0.2, 0.25) is 0 Å². The summed E-state index contributed by atoms with van der Waals surface area (Å²) < 4.78 is 14.4. The normalized spacial score (nSPS) is 10.7. The highest BCUT2D eigenvalue weighted by Crippen LogP contribution is 2.37. The third kappa shape index (κ3) is 4.81. The summed E-state index contributed by atoms with van der Waals surface area (Å²) in [6.07, 6.45) is 0.952. The number of anilines is 1. The minimum absolute atomic E-state index is 0.452. The van der Waals surface area contributed by atoms with E-state index < -0.39 is 0 Å². The van der Waals surface area contributed by atoms with Gasteiger partial charge >= 0.3 is 0 Å². The van der Waals surface area contributed by atoms with Crippen molar-refractivity contribution in [2.24, 2.45) is 0 Å². The van der Waals surface area contributed by atoms with Crippen LogP contribution in [0.1, 0.15) is 30.0 Å². The Bertz CT molecular complexity index is 911. The maximum Gasteiger partial charge on any atom is 0.243 e. The zero-order chi connectivity index (χ0) is 19.9. The average Bonchev–Trinajstić information content (AvgIpc) is 3.14. The largest absolute Gasteiger partial charge is 0.493 e. The van der Waals surface area contributed by atoms with Crippen LogP contribution in [0.15, 0.2) is 40.9 Å². The van der Waals surface area contributed by atoms with Crippen molar-refractivity contribution in [1.29, 1.82) is 0 Å². The number of hydrogen-bond donors (Lipinski definition) is 1. The number of ether oxygens (including phenoxy) is 2. The number of halogens is 1. The van der Waals surface area contributed by atoms with E-state index >= 15 is 0 Å². The first-order chi connectivity index (χ1) is 13.6. The second-order valence-electron chi connectivity index (χ2n) is 6.41. The first kappa shape index (κ1) is 20.1. The number of benzene rings is 2. The van der Waals surface area contributed by atoms with E-state index in [0.717, 1.165) is 28.6 Å². The molecular weight excluding hydrogens is 422 g/mol. The topological polar surface area (TPSA) is 74.1 Å². The molecule has 3 aromatic rings. The van der Waals surface area contributed by atoms with Gasteiger partial charge in [-0.25, -0.2) is 4.68 Å². The van der Waals surface area contributed by atoms with Gasteiger partial charge in [0.05, 0.1) is 7.11 Å². The standard InChI is InChI=1S/C20H24BrN5O2/c1-4-11-26-20(23-24-25-26)22-12-16-17(21)9-10-18(27-3)19(16)28-13-15-7-5-14(2)6-8-15/h5-10H,4,11-13H2,1-3H3,(H,22,23,25). The van der Waals surface area contributed by atoms with Gasteiger partial charge in [0.2, 0.25) is 5.95 Å². The second-order valence-corrected chi connectivity index (χ2v) is 7.27. The summed E-state index contributed by atoms with van der Waals surface area (Å²) in [5, 5.41) is 15.1. The van der Waals surface area contributed by atoms with Crippen molar-refractivity contribution in [3.8, 4) is 11.5 Å². The van der Waals surface area contributed by atoms with E-state index in [2.05, 4.69) is 74.9 Å². The fourth-order valence-electron chi connectivity index (χ4n) is 2.77. The highest BCUT2D eigenvalue weighted by molar-refractivity contribution is 9.10. The molecule has 0 saturated heterocycles. The van der Waals surface area contributed by atoms with Gasteiger partial charge in [0, 0.05) is 23.1 Å². The van der Waals surface area contributed by atoms with Crippen LogP contribution in [0.4, 0.5) is 5.95 Å². The summed E-state index contributed by atoms with van der Waals surface area (Å²) >= 11 is 3.63. The van der Waals surface area contributed by atoms with Gasteiger partial charge in [-0.05, 0) is 41.5 Å². The van der Waals surface area contributed by atoms with Crippen LogP contribution in [0, 0.1) is 6.92 Å². The lowest BCUT2D eigenvalue weighted by Crippen LogP contribution is -2.11.